The highest BCUT2D eigenvalue weighted by Crippen LogP contribution is 2.15. The van der Waals surface area contributed by atoms with Gasteiger partial charge in [-0.15, -0.1) is 11.3 Å². The van der Waals surface area contributed by atoms with Crippen LogP contribution in [0.5, 0.6) is 0 Å². The van der Waals surface area contributed by atoms with Crippen molar-refractivity contribution in [3.63, 3.8) is 0 Å². The highest BCUT2D eigenvalue weighted by molar-refractivity contribution is 7.13. The number of aliphatic carboxylic acids is 1. The lowest BCUT2D eigenvalue weighted by Gasteiger charge is -2.28. The molecule has 1 aromatic rings. The molecule has 1 atom stereocenters. The van der Waals surface area contributed by atoms with E-state index in [4.69, 9.17) is 9.84 Å². The second kappa shape index (κ2) is 5.92. The van der Waals surface area contributed by atoms with Crippen molar-refractivity contribution in [1.82, 2.24) is 10.3 Å². The first-order valence-electron chi connectivity index (χ1n) is 5.32. The zero-order valence-corrected chi connectivity index (χ0v) is 11.3. The molecule has 6 nitrogen and oxygen atoms in total. The molecule has 7 heteroatoms. The zero-order valence-electron chi connectivity index (χ0n) is 10.5. The van der Waals surface area contributed by atoms with Crippen LogP contribution in [0.1, 0.15) is 28.0 Å². The lowest BCUT2D eigenvalue weighted by molar-refractivity contribution is -0.139. The van der Waals surface area contributed by atoms with Gasteiger partial charge in [-0.05, 0) is 13.8 Å². The molecule has 100 valence electrons. The molecule has 0 spiro atoms. The van der Waals surface area contributed by atoms with Gasteiger partial charge in [0.05, 0.1) is 29.8 Å². The van der Waals surface area contributed by atoms with Crippen molar-refractivity contribution < 1.29 is 19.4 Å². The number of ether oxygens (including phenoxy) is 1. The number of hydrogen-bond donors (Lipinski definition) is 2. The van der Waals surface area contributed by atoms with E-state index in [9.17, 15) is 9.59 Å². The van der Waals surface area contributed by atoms with Gasteiger partial charge >= 0.3 is 5.97 Å². The Morgan fingerprint density at radius 2 is 2.28 bits per heavy atom. The predicted molar refractivity (Wildman–Crippen MR) is 66.9 cm³/mol. The SMILES string of the molecule is COCC(C)(CC(=O)O)NC(=O)c1cnc(C)s1. The maximum atomic E-state index is 11.9. The van der Waals surface area contributed by atoms with Crippen LogP contribution in [0.15, 0.2) is 6.20 Å². The molecule has 2 N–H and O–H groups in total. The van der Waals surface area contributed by atoms with E-state index in [0.717, 1.165) is 5.01 Å². The normalized spacial score (nSPS) is 13.9. The van der Waals surface area contributed by atoms with Crippen LogP contribution in [0.2, 0.25) is 0 Å². The van der Waals surface area contributed by atoms with Gasteiger partial charge in [0.25, 0.3) is 5.91 Å². The topological polar surface area (TPSA) is 88.5 Å². The van der Waals surface area contributed by atoms with Crippen LogP contribution in [0.4, 0.5) is 0 Å². The van der Waals surface area contributed by atoms with Crippen LogP contribution in [-0.4, -0.2) is 41.2 Å². The number of nitrogens with zero attached hydrogens (tertiary/aromatic N) is 1. The Hall–Kier alpha value is -1.47. The Morgan fingerprint density at radius 3 is 2.72 bits per heavy atom. The number of thiazole rings is 1. The van der Waals surface area contributed by atoms with Crippen molar-refractivity contribution in [2.24, 2.45) is 0 Å². The summed E-state index contributed by atoms with van der Waals surface area (Å²) in [4.78, 5) is 27.2. The van der Waals surface area contributed by atoms with Crippen LogP contribution in [0.3, 0.4) is 0 Å². The zero-order chi connectivity index (χ0) is 13.8. The van der Waals surface area contributed by atoms with Gasteiger partial charge in [0.1, 0.15) is 4.88 Å². The van der Waals surface area contributed by atoms with Gasteiger partial charge in [-0.25, -0.2) is 4.98 Å². The predicted octanol–water partition coefficient (Wildman–Crippen LogP) is 1.06. The van der Waals surface area contributed by atoms with Gasteiger partial charge in [-0.2, -0.15) is 0 Å². The highest BCUT2D eigenvalue weighted by Gasteiger charge is 2.30. The number of amides is 1. The first-order chi connectivity index (χ1) is 8.36. The molecule has 0 bridgehead atoms. The Kier molecular flexibility index (Phi) is 4.80. The summed E-state index contributed by atoms with van der Waals surface area (Å²) in [6, 6.07) is 0. The average molecular weight is 272 g/mol. The minimum Gasteiger partial charge on any atom is -0.481 e. The summed E-state index contributed by atoms with van der Waals surface area (Å²) in [5.41, 5.74) is -0.935. The first-order valence-corrected chi connectivity index (χ1v) is 6.13. The van der Waals surface area contributed by atoms with E-state index in [-0.39, 0.29) is 18.9 Å². The number of hydrogen-bond acceptors (Lipinski definition) is 5. The second-order valence-electron chi connectivity index (χ2n) is 4.26. The molecule has 0 saturated carbocycles. The van der Waals surface area contributed by atoms with Gasteiger partial charge in [0.15, 0.2) is 0 Å². The fraction of sp³-hybridized carbons (Fsp3) is 0.545. The molecule has 1 heterocycles. The van der Waals surface area contributed by atoms with E-state index in [0.29, 0.717) is 4.88 Å². The fourth-order valence-electron chi connectivity index (χ4n) is 1.59. The van der Waals surface area contributed by atoms with Crippen molar-refractivity contribution in [1.29, 1.82) is 0 Å². The molecule has 0 saturated heterocycles. The fourth-order valence-corrected chi connectivity index (χ4v) is 2.26. The average Bonchev–Trinajstić information content (AvgIpc) is 2.63. The van der Waals surface area contributed by atoms with E-state index in [2.05, 4.69) is 10.3 Å². The summed E-state index contributed by atoms with van der Waals surface area (Å²) in [5.74, 6) is -1.32. The highest BCUT2D eigenvalue weighted by atomic mass is 32.1. The van der Waals surface area contributed by atoms with E-state index >= 15 is 0 Å². The van der Waals surface area contributed by atoms with Crippen molar-refractivity contribution in [2.75, 3.05) is 13.7 Å². The third kappa shape index (κ3) is 4.08. The number of aryl methyl sites for hydroxylation is 1. The largest absolute Gasteiger partial charge is 0.481 e. The molecular weight excluding hydrogens is 256 g/mol. The number of rotatable bonds is 6. The van der Waals surface area contributed by atoms with Crippen LogP contribution in [-0.2, 0) is 9.53 Å². The van der Waals surface area contributed by atoms with E-state index in [1.165, 1.54) is 24.6 Å². The number of carbonyl (C=O) groups excluding carboxylic acids is 1. The Bertz CT molecular complexity index is 446. The lowest BCUT2D eigenvalue weighted by atomic mass is 9.99. The van der Waals surface area contributed by atoms with Crippen molar-refractivity contribution in [2.45, 2.75) is 25.8 Å². The number of nitrogens with one attached hydrogen (secondary N) is 1. The smallest absolute Gasteiger partial charge is 0.305 e. The minimum atomic E-state index is -0.990. The quantitative estimate of drug-likeness (QED) is 0.808. The summed E-state index contributed by atoms with van der Waals surface area (Å²) in [7, 11) is 1.46. The molecule has 0 aliphatic heterocycles. The summed E-state index contributed by atoms with van der Waals surface area (Å²) in [5, 5.41) is 12.3. The van der Waals surface area contributed by atoms with E-state index in [1.807, 2.05) is 0 Å². The Morgan fingerprint density at radius 1 is 1.61 bits per heavy atom. The molecule has 0 aliphatic carbocycles. The molecule has 0 aliphatic rings. The van der Waals surface area contributed by atoms with Crippen molar-refractivity contribution >= 4 is 23.2 Å². The van der Waals surface area contributed by atoms with Gasteiger partial charge in [-0.3, -0.25) is 9.59 Å². The number of carboxylic acids is 1. The summed E-state index contributed by atoms with van der Waals surface area (Å²) < 4.78 is 4.96. The molecule has 0 aromatic carbocycles. The van der Waals surface area contributed by atoms with Crippen LogP contribution < -0.4 is 5.32 Å². The van der Waals surface area contributed by atoms with Gasteiger partial charge in [0.2, 0.25) is 0 Å². The maximum Gasteiger partial charge on any atom is 0.305 e. The molecule has 1 unspecified atom stereocenters. The van der Waals surface area contributed by atoms with Gasteiger partial charge in [0, 0.05) is 7.11 Å². The van der Waals surface area contributed by atoms with Gasteiger partial charge in [-0.1, -0.05) is 0 Å². The minimum absolute atomic E-state index is 0.128. The number of carboxylic acid groups (broad SMARTS) is 1. The molecular formula is C11H16N2O4S. The van der Waals surface area contributed by atoms with Crippen LogP contribution in [0.25, 0.3) is 0 Å². The maximum absolute atomic E-state index is 11.9. The molecule has 0 fully saturated rings. The Labute approximate surface area is 109 Å². The van der Waals surface area contributed by atoms with Crippen molar-refractivity contribution in [3.05, 3.63) is 16.1 Å². The number of carbonyl (C=O) groups is 2. The van der Waals surface area contributed by atoms with Crippen LogP contribution in [0, 0.1) is 6.92 Å². The number of methoxy groups -OCH3 is 1. The molecule has 1 amide bonds. The third-order valence-electron chi connectivity index (χ3n) is 2.26. The summed E-state index contributed by atoms with van der Waals surface area (Å²) in [6.45, 7) is 3.56. The monoisotopic (exact) mass is 272 g/mol. The van der Waals surface area contributed by atoms with Crippen molar-refractivity contribution in [3.8, 4) is 0 Å². The van der Waals surface area contributed by atoms with E-state index < -0.39 is 11.5 Å². The van der Waals surface area contributed by atoms with Gasteiger partial charge < -0.3 is 15.2 Å². The lowest BCUT2D eigenvalue weighted by Crippen LogP contribution is -2.50. The number of aromatic nitrogens is 1. The second-order valence-corrected chi connectivity index (χ2v) is 5.50. The standard InChI is InChI=1S/C11H16N2O4S/c1-7-12-5-8(18-7)10(16)13-11(2,6-17-3)4-9(14)15/h5H,4,6H2,1-3H3,(H,13,16)(H,14,15). The molecule has 18 heavy (non-hydrogen) atoms. The summed E-state index contributed by atoms with van der Waals surface area (Å²) in [6.07, 6.45) is 1.27. The van der Waals surface area contributed by atoms with Crippen LogP contribution >= 0.6 is 11.3 Å². The third-order valence-corrected chi connectivity index (χ3v) is 3.18. The first kappa shape index (κ1) is 14.6. The molecule has 1 rings (SSSR count). The Balaban J connectivity index is 2.77. The molecule has 1 aromatic heterocycles. The van der Waals surface area contributed by atoms with E-state index in [1.54, 1.807) is 13.8 Å². The summed E-state index contributed by atoms with van der Waals surface area (Å²) >= 11 is 1.26. The molecule has 0 radical (unpaired) electrons.